The Morgan fingerprint density at radius 1 is 1.27 bits per heavy atom. The summed E-state index contributed by atoms with van der Waals surface area (Å²) in [5, 5.41) is 4.11. The van der Waals surface area contributed by atoms with Crippen LogP contribution in [-0.4, -0.2) is 16.1 Å². The molecule has 5 nitrogen and oxygen atoms in total. The van der Waals surface area contributed by atoms with Crippen LogP contribution in [0.2, 0.25) is 5.02 Å². The van der Waals surface area contributed by atoms with Crippen LogP contribution < -0.4 is 10.3 Å². The van der Waals surface area contributed by atoms with Gasteiger partial charge in [0, 0.05) is 5.56 Å². The molecule has 2 aromatic rings. The van der Waals surface area contributed by atoms with Crippen molar-refractivity contribution in [3.63, 3.8) is 0 Å². The van der Waals surface area contributed by atoms with E-state index in [2.05, 4.69) is 5.10 Å². The normalized spacial score (nSPS) is 11.3. The van der Waals surface area contributed by atoms with Crippen LogP contribution in [-0.2, 0) is 12.1 Å². The molecule has 0 atom stereocenters. The molecular formula is C16H17ClN2O3. The van der Waals surface area contributed by atoms with Gasteiger partial charge in [0.15, 0.2) is 10.8 Å². The van der Waals surface area contributed by atoms with E-state index in [0.717, 1.165) is 11.8 Å². The monoisotopic (exact) mass is 320 g/mol. The maximum Gasteiger partial charge on any atom is 0.289 e. The molecule has 1 aromatic heterocycles. The number of rotatable bonds is 4. The van der Waals surface area contributed by atoms with E-state index < -0.39 is 5.54 Å². The summed E-state index contributed by atoms with van der Waals surface area (Å²) in [6.45, 7) is 5.84. The molecule has 0 aliphatic carbocycles. The van der Waals surface area contributed by atoms with E-state index in [1.54, 1.807) is 24.3 Å². The second-order valence-corrected chi connectivity index (χ2v) is 6.24. The van der Waals surface area contributed by atoms with Crippen LogP contribution in [0, 0.1) is 0 Å². The summed E-state index contributed by atoms with van der Waals surface area (Å²) in [4.78, 5) is 22.8. The average Bonchev–Trinajstić information content (AvgIpc) is 2.48. The van der Waals surface area contributed by atoms with Crippen LogP contribution in [0.1, 0.15) is 36.7 Å². The van der Waals surface area contributed by atoms with E-state index in [9.17, 15) is 9.59 Å². The number of benzene rings is 1. The Labute approximate surface area is 133 Å². The molecule has 22 heavy (non-hydrogen) atoms. The van der Waals surface area contributed by atoms with Gasteiger partial charge < -0.3 is 4.74 Å². The predicted molar refractivity (Wildman–Crippen MR) is 84.7 cm³/mol. The Kier molecular flexibility index (Phi) is 4.66. The van der Waals surface area contributed by atoms with Gasteiger partial charge in [-0.3, -0.25) is 9.59 Å². The van der Waals surface area contributed by atoms with Gasteiger partial charge >= 0.3 is 0 Å². The lowest BCUT2D eigenvalue weighted by Crippen LogP contribution is -2.36. The zero-order chi connectivity index (χ0) is 16.3. The molecule has 0 aliphatic rings. The molecule has 0 N–H and O–H groups in total. The molecular weight excluding hydrogens is 304 g/mol. The van der Waals surface area contributed by atoms with Crippen LogP contribution in [0.25, 0.3) is 0 Å². The van der Waals surface area contributed by atoms with Gasteiger partial charge in [-0.15, -0.1) is 0 Å². The quantitative estimate of drug-likeness (QED) is 0.812. The molecule has 0 amide bonds. The third-order valence-corrected chi connectivity index (χ3v) is 3.38. The molecule has 0 fully saturated rings. The summed E-state index contributed by atoms with van der Waals surface area (Å²) in [5.41, 5.74) is 0.616. The fourth-order valence-corrected chi connectivity index (χ4v) is 2.03. The minimum Gasteiger partial charge on any atom is -0.485 e. The van der Waals surface area contributed by atoms with Crippen molar-refractivity contribution in [2.75, 3.05) is 0 Å². The van der Waals surface area contributed by atoms with Crippen molar-refractivity contribution in [3.8, 4) is 5.75 Å². The molecule has 1 heterocycles. The summed E-state index contributed by atoms with van der Waals surface area (Å²) in [7, 11) is 0. The van der Waals surface area contributed by atoms with Crippen LogP contribution in [0.4, 0.5) is 0 Å². The lowest BCUT2D eigenvalue weighted by atomic mass is 10.1. The number of carbonyl (C=O) groups is 1. The molecule has 0 radical (unpaired) electrons. The second-order valence-electron chi connectivity index (χ2n) is 5.86. The van der Waals surface area contributed by atoms with Crippen molar-refractivity contribution in [2.45, 2.75) is 32.9 Å². The van der Waals surface area contributed by atoms with Crippen molar-refractivity contribution >= 4 is 17.9 Å². The van der Waals surface area contributed by atoms with E-state index in [4.69, 9.17) is 16.3 Å². The summed E-state index contributed by atoms with van der Waals surface area (Å²) in [6.07, 6.45) is 2.21. The Morgan fingerprint density at radius 3 is 2.45 bits per heavy atom. The SMILES string of the molecule is CC(C)(C)n1ncc(OCc2ccc(C=O)cc2)c(Cl)c1=O. The van der Waals surface area contributed by atoms with E-state index >= 15 is 0 Å². The van der Waals surface area contributed by atoms with Crippen LogP contribution >= 0.6 is 11.6 Å². The van der Waals surface area contributed by atoms with Crippen molar-refractivity contribution < 1.29 is 9.53 Å². The number of carbonyl (C=O) groups excluding carboxylic acids is 1. The summed E-state index contributed by atoms with van der Waals surface area (Å²) < 4.78 is 6.87. The van der Waals surface area contributed by atoms with Gasteiger partial charge in [-0.1, -0.05) is 35.9 Å². The maximum atomic E-state index is 12.2. The third-order valence-electron chi connectivity index (χ3n) is 3.03. The lowest BCUT2D eigenvalue weighted by Gasteiger charge is -2.21. The number of aromatic nitrogens is 2. The Bertz CT molecular complexity index is 731. The second kappa shape index (κ2) is 6.32. The molecule has 0 bridgehead atoms. The number of ether oxygens (including phenoxy) is 1. The van der Waals surface area contributed by atoms with Gasteiger partial charge in [-0.2, -0.15) is 5.10 Å². The van der Waals surface area contributed by atoms with E-state index in [1.807, 2.05) is 20.8 Å². The predicted octanol–water partition coefficient (Wildman–Crippen LogP) is 3.04. The number of hydrogen-bond acceptors (Lipinski definition) is 4. The van der Waals surface area contributed by atoms with E-state index in [1.165, 1.54) is 10.9 Å². The van der Waals surface area contributed by atoms with Gasteiger partial charge in [0.05, 0.1) is 11.7 Å². The first-order valence-electron chi connectivity index (χ1n) is 6.78. The molecule has 0 saturated heterocycles. The van der Waals surface area contributed by atoms with E-state index in [-0.39, 0.29) is 22.9 Å². The first-order valence-corrected chi connectivity index (χ1v) is 7.16. The average molecular weight is 321 g/mol. The number of aldehydes is 1. The largest absolute Gasteiger partial charge is 0.485 e. The zero-order valence-electron chi connectivity index (χ0n) is 12.7. The fourth-order valence-electron chi connectivity index (χ4n) is 1.85. The standard InChI is InChI=1S/C16H17ClN2O3/c1-16(2,3)19-15(21)14(17)13(8-18-19)22-10-12-6-4-11(9-20)5-7-12/h4-9H,10H2,1-3H3. The Hall–Kier alpha value is -2.14. The van der Waals surface area contributed by atoms with Crippen molar-refractivity contribution in [2.24, 2.45) is 0 Å². The summed E-state index contributed by atoms with van der Waals surface area (Å²) >= 11 is 6.07. The molecule has 6 heteroatoms. The molecule has 116 valence electrons. The van der Waals surface area contributed by atoms with Gasteiger partial charge in [-0.25, -0.2) is 4.68 Å². The molecule has 0 spiro atoms. The molecule has 0 unspecified atom stereocenters. The topological polar surface area (TPSA) is 61.2 Å². The number of halogens is 1. The minimum absolute atomic E-state index is 0.00874. The molecule has 0 aliphatic heterocycles. The highest BCUT2D eigenvalue weighted by Crippen LogP contribution is 2.21. The van der Waals surface area contributed by atoms with Gasteiger partial charge in [-0.05, 0) is 26.3 Å². The fraction of sp³-hybridized carbons (Fsp3) is 0.312. The van der Waals surface area contributed by atoms with Crippen molar-refractivity contribution in [1.29, 1.82) is 0 Å². The van der Waals surface area contributed by atoms with Crippen molar-refractivity contribution in [1.82, 2.24) is 9.78 Å². The smallest absolute Gasteiger partial charge is 0.289 e. The zero-order valence-corrected chi connectivity index (χ0v) is 13.4. The first-order chi connectivity index (χ1) is 10.3. The van der Waals surface area contributed by atoms with Gasteiger partial charge in [0.1, 0.15) is 12.9 Å². The van der Waals surface area contributed by atoms with Crippen LogP contribution in [0.15, 0.2) is 35.3 Å². The highest BCUT2D eigenvalue weighted by Gasteiger charge is 2.19. The Balaban J connectivity index is 2.18. The van der Waals surface area contributed by atoms with Crippen LogP contribution in [0.5, 0.6) is 5.75 Å². The Morgan fingerprint density at radius 2 is 1.91 bits per heavy atom. The highest BCUT2D eigenvalue weighted by atomic mass is 35.5. The first kappa shape index (κ1) is 16.2. The van der Waals surface area contributed by atoms with Crippen LogP contribution in [0.3, 0.4) is 0 Å². The highest BCUT2D eigenvalue weighted by molar-refractivity contribution is 6.31. The number of nitrogens with zero attached hydrogens (tertiary/aromatic N) is 2. The molecule has 2 rings (SSSR count). The molecule has 0 saturated carbocycles. The van der Waals surface area contributed by atoms with Gasteiger partial charge in [0.2, 0.25) is 0 Å². The lowest BCUT2D eigenvalue weighted by molar-refractivity contribution is 0.112. The van der Waals surface area contributed by atoms with Gasteiger partial charge in [0.25, 0.3) is 5.56 Å². The maximum absolute atomic E-state index is 12.2. The minimum atomic E-state index is -0.454. The third kappa shape index (κ3) is 3.54. The van der Waals surface area contributed by atoms with Crippen molar-refractivity contribution in [3.05, 3.63) is 57.0 Å². The molecule has 1 aromatic carbocycles. The summed E-state index contributed by atoms with van der Waals surface area (Å²) in [6, 6.07) is 6.95. The number of hydrogen-bond donors (Lipinski definition) is 0. The van der Waals surface area contributed by atoms with E-state index in [0.29, 0.717) is 5.56 Å². The summed E-state index contributed by atoms with van der Waals surface area (Å²) in [5.74, 6) is 0.242.